The highest BCUT2D eigenvalue weighted by molar-refractivity contribution is 6.31. The van der Waals surface area contributed by atoms with Gasteiger partial charge in [-0.1, -0.05) is 11.6 Å². The second-order valence-electron chi connectivity index (χ2n) is 3.76. The van der Waals surface area contributed by atoms with E-state index in [2.05, 4.69) is 4.98 Å². The normalized spacial score (nSPS) is 10.2. The van der Waals surface area contributed by atoms with E-state index in [9.17, 15) is 5.11 Å². The van der Waals surface area contributed by atoms with E-state index in [1.165, 1.54) is 0 Å². The lowest BCUT2D eigenvalue weighted by molar-refractivity contribution is 0.304. The molecular weight excluding hydrogens is 238 g/mol. The number of phenolic OH excluding ortho intramolecular Hbond substituents is 1. The number of benzene rings is 1. The van der Waals surface area contributed by atoms with Gasteiger partial charge in [-0.15, -0.1) is 0 Å². The molecular formula is C13H12ClNO2. The second kappa shape index (κ2) is 5.06. The number of phenols is 1. The first-order valence-corrected chi connectivity index (χ1v) is 5.55. The van der Waals surface area contributed by atoms with Crippen molar-refractivity contribution in [3.63, 3.8) is 0 Å². The average molecular weight is 250 g/mol. The van der Waals surface area contributed by atoms with Gasteiger partial charge in [-0.05, 0) is 30.7 Å². The summed E-state index contributed by atoms with van der Waals surface area (Å²) in [6, 6.07) is 6.90. The highest BCUT2D eigenvalue weighted by atomic mass is 35.5. The van der Waals surface area contributed by atoms with Crippen LogP contribution in [-0.4, -0.2) is 10.1 Å². The van der Waals surface area contributed by atoms with Gasteiger partial charge in [-0.25, -0.2) is 0 Å². The predicted molar refractivity (Wildman–Crippen MR) is 66.4 cm³/mol. The quantitative estimate of drug-likeness (QED) is 0.907. The predicted octanol–water partition coefficient (Wildman–Crippen LogP) is 3.33. The first-order chi connectivity index (χ1) is 8.15. The SMILES string of the molecule is Cc1cc(O)cc(OCc2ccncc2Cl)c1. The Hall–Kier alpha value is -1.74. The molecule has 2 aromatic rings. The van der Waals surface area contributed by atoms with Crippen molar-refractivity contribution in [3.05, 3.63) is 52.8 Å². The summed E-state index contributed by atoms with van der Waals surface area (Å²) in [6.07, 6.45) is 3.24. The van der Waals surface area contributed by atoms with Crippen molar-refractivity contribution < 1.29 is 9.84 Å². The third-order valence-corrected chi connectivity index (χ3v) is 2.63. The first kappa shape index (κ1) is 11.7. The molecule has 4 heteroatoms. The first-order valence-electron chi connectivity index (χ1n) is 5.17. The molecule has 1 heterocycles. The molecule has 0 saturated carbocycles. The van der Waals surface area contributed by atoms with E-state index < -0.39 is 0 Å². The van der Waals surface area contributed by atoms with Gasteiger partial charge < -0.3 is 9.84 Å². The zero-order valence-corrected chi connectivity index (χ0v) is 10.1. The van der Waals surface area contributed by atoms with Crippen LogP contribution in [0.15, 0.2) is 36.7 Å². The molecule has 0 aliphatic heterocycles. The summed E-state index contributed by atoms with van der Waals surface area (Å²) in [6.45, 7) is 2.25. The van der Waals surface area contributed by atoms with Crippen LogP contribution in [0.5, 0.6) is 11.5 Å². The van der Waals surface area contributed by atoms with Crippen LogP contribution in [0.1, 0.15) is 11.1 Å². The molecule has 0 atom stereocenters. The molecule has 0 spiro atoms. The lowest BCUT2D eigenvalue weighted by Gasteiger charge is -2.08. The fourth-order valence-electron chi connectivity index (χ4n) is 1.49. The third-order valence-electron chi connectivity index (χ3n) is 2.29. The summed E-state index contributed by atoms with van der Waals surface area (Å²) in [4.78, 5) is 3.90. The van der Waals surface area contributed by atoms with Gasteiger partial charge in [0.2, 0.25) is 0 Å². The number of nitrogens with zero attached hydrogens (tertiary/aromatic N) is 1. The highest BCUT2D eigenvalue weighted by Crippen LogP contribution is 2.23. The fourth-order valence-corrected chi connectivity index (χ4v) is 1.67. The number of rotatable bonds is 3. The minimum absolute atomic E-state index is 0.195. The Bertz CT molecular complexity index is 508. The molecule has 0 radical (unpaired) electrons. The van der Waals surface area contributed by atoms with Crippen molar-refractivity contribution in [3.8, 4) is 11.5 Å². The standard InChI is InChI=1S/C13H12ClNO2/c1-9-4-11(16)6-12(5-9)17-8-10-2-3-15-7-13(10)14/h2-7,16H,8H2,1H3. The molecule has 0 aliphatic carbocycles. The van der Waals surface area contributed by atoms with Crippen LogP contribution >= 0.6 is 11.6 Å². The van der Waals surface area contributed by atoms with E-state index in [0.717, 1.165) is 11.1 Å². The smallest absolute Gasteiger partial charge is 0.123 e. The van der Waals surface area contributed by atoms with Crippen LogP contribution in [0.3, 0.4) is 0 Å². The maximum absolute atomic E-state index is 9.43. The Labute approximate surface area is 105 Å². The van der Waals surface area contributed by atoms with Crippen molar-refractivity contribution in [1.82, 2.24) is 4.98 Å². The van der Waals surface area contributed by atoms with Crippen LogP contribution in [0.4, 0.5) is 0 Å². The maximum atomic E-state index is 9.43. The van der Waals surface area contributed by atoms with Crippen LogP contribution in [-0.2, 0) is 6.61 Å². The monoisotopic (exact) mass is 249 g/mol. The molecule has 0 unspecified atom stereocenters. The second-order valence-corrected chi connectivity index (χ2v) is 4.17. The van der Waals surface area contributed by atoms with Crippen molar-refractivity contribution in [2.45, 2.75) is 13.5 Å². The van der Waals surface area contributed by atoms with E-state index in [1.54, 1.807) is 30.6 Å². The van der Waals surface area contributed by atoms with E-state index in [1.807, 2.05) is 13.0 Å². The van der Waals surface area contributed by atoms with Crippen LogP contribution in [0.25, 0.3) is 0 Å². The van der Waals surface area contributed by atoms with E-state index in [4.69, 9.17) is 16.3 Å². The van der Waals surface area contributed by atoms with E-state index in [-0.39, 0.29) is 5.75 Å². The molecule has 1 N–H and O–H groups in total. The number of hydrogen-bond donors (Lipinski definition) is 1. The van der Waals surface area contributed by atoms with Gasteiger partial charge in [0, 0.05) is 24.0 Å². The molecule has 2 rings (SSSR count). The van der Waals surface area contributed by atoms with Gasteiger partial charge in [0.1, 0.15) is 18.1 Å². The largest absolute Gasteiger partial charge is 0.508 e. The Kier molecular flexibility index (Phi) is 3.49. The third kappa shape index (κ3) is 3.11. The molecule has 0 bridgehead atoms. The number of halogens is 1. The Morgan fingerprint density at radius 1 is 1.35 bits per heavy atom. The van der Waals surface area contributed by atoms with Crippen molar-refractivity contribution in [2.24, 2.45) is 0 Å². The number of pyridine rings is 1. The van der Waals surface area contributed by atoms with Crippen LogP contribution < -0.4 is 4.74 Å². The minimum atomic E-state index is 0.195. The summed E-state index contributed by atoms with van der Waals surface area (Å²) in [7, 11) is 0. The van der Waals surface area contributed by atoms with Gasteiger partial charge in [0.05, 0.1) is 5.02 Å². The van der Waals surface area contributed by atoms with E-state index in [0.29, 0.717) is 17.4 Å². The van der Waals surface area contributed by atoms with Crippen LogP contribution in [0, 0.1) is 6.92 Å². The summed E-state index contributed by atoms with van der Waals surface area (Å²) in [5, 5.41) is 10.0. The number of aromatic hydroxyl groups is 1. The lowest BCUT2D eigenvalue weighted by atomic mass is 10.2. The Morgan fingerprint density at radius 2 is 2.18 bits per heavy atom. The molecule has 1 aromatic carbocycles. The van der Waals surface area contributed by atoms with E-state index >= 15 is 0 Å². The molecule has 0 saturated heterocycles. The number of ether oxygens (including phenoxy) is 1. The van der Waals surface area contributed by atoms with Crippen molar-refractivity contribution in [1.29, 1.82) is 0 Å². The molecule has 0 aliphatic rings. The fraction of sp³-hybridized carbons (Fsp3) is 0.154. The number of aryl methyl sites for hydroxylation is 1. The maximum Gasteiger partial charge on any atom is 0.123 e. The molecule has 1 aromatic heterocycles. The topological polar surface area (TPSA) is 42.4 Å². The summed E-state index contributed by atoms with van der Waals surface area (Å²) >= 11 is 5.96. The van der Waals surface area contributed by atoms with Gasteiger partial charge >= 0.3 is 0 Å². The molecule has 0 fully saturated rings. The summed E-state index contributed by atoms with van der Waals surface area (Å²) < 4.78 is 5.56. The summed E-state index contributed by atoms with van der Waals surface area (Å²) in [5.74, 6) is 0.816. The highest BCUT2D eigenvalue weighted by Gasteiger charge is 2.02. The Morgan fingerprint density at radius 3 is 2.88 bits per heavy atom. The molecule has 0 amide bonds. The summed E-state index contributed by atoms with van der Waals surface area (Å²) in [5.41, 5.74) is 1.81. The van der Waals surface area contributed by atoms with Gasteiger partial charge in [-0.3, -0.25) is 4.98 Å². The number of aromatic nitrogens is 1. The number of hydrogen-bond acceptors (Lipinski definition) is 3. The molecule has 3 nitrogen and oxygen atoms in total. The average Bonchev–Trinajstić information content (AvgIpc) is 2.27. The zero-order chi connectivity index (χ0) is 12.3. The van der Waals surface area contributed by atoms with Crippen molar-refractivity contribution in [2.75, 3.05) is 0 Å². The Balaban J connectivity index is 2.10. The molecule has 17 heavy (non-hydrogen) atoms. The van der Waals surface area contributed by atoms with Crippen LogP contribution in [0.2, 0.25) is 5.02 Å². The van der Waals surface area contributed by atoms with Gasteiger partial charge in [0.25, 0.3) is 0 Å². The van der Waals surface area contributed by atoms with Gasteiger partial charge in [-0.2, -0.15) is 0 Å². The zero-order valence-electron chi connectivity index (χ0n) is 9.35. The molecule has 88 valence electrons. The van der Waals surface area contributed by atoms with Gasteiger partial charge in [0.15, 0.2) is 0 Å². The lowest BCUT2D eigenvalue weighted by Crippen LogP contribution is -1.96. The van der Waals surface area contributed by atoms with Crippen molar-refractivity contribution >= 4 is 11.6 Å². The minimum Gasteiger partial charge on any atom is -0.508 e.